The van der Waals surface area contributed by atoms with Crippen LogP contribution in [0.25, 0.3) is 11.2 Å². The van der Waals surface area contributed by atoms with Gasteiger partial charge in [0.25, 0.3) is 5.91 Å². The van der Waals surface area contributed by atoms with Crippen LogP contribution in [-0.4, -0.2) is 20.9 Å². The molecule has 10 heteroatoms. The van der Waals surface area contributed by atoms with Crippen molar-refractivity contribution in [3.63, 3.8) is 0 Å². The number of anilines is 1. The molecule has 0 aliphatic heterocycles. The van der Waals surface area contributed by atoms with Crippen LogP contribution in [0, 0.1) is 5.82 Å². The van der Waals surface area contributed by atoms with Crippen LogP contribution in [0.5, 0.6) is 0 Å². The summed E-state index contributed by atoms with van der Waals surface area (Å²) in [5.41, 5.74) is 0.254. The Morgan fingerprint density at radius 1 is 1.09 bits per heavy atom. The lowest BCUT2D eigenvalue weighted by Gasteiger charge is -2.40. The molecule has 0 radical (unpaired) electrons. The van der Waals surface area contributed by atoms with Crippen LogP contribution in [0.1, 0.15) is 46.6 Å². The third kappa shape index (κ3) is 3.90. The maximum absolute atomic E-state index is 13.9. The standard InChI is InChI=1S/C24H17ClF4N4O/c25-16-6-7-17(26)18(11-16)31-21(34)13-2-4-14(5-3-13)23(8-1-9-23)22-32-19-10-15(24(27,28)29)12-30-20(19)33-22/h2-7,10-12H,1,8-9H2,(H,31,34)(H,30,32,33). The topological polar surface area (TPSA) is 70.7 Å². The van der Waals surface area contributed by atoms with E-state index >= 15 is 0 Å². The molecule has 2 heterocycles. The number of alkyl halides is 3. The molecule has 1 aliphatic carbocycles. The van der Waals surface area contributed by atoms with E-state index in [1.807, 2.05) is 0 Å². The molecule has 34 heavy (non-hydrogen) atoms. The summed E-state index contributed by atoms with van der Waals surface area (Å²) >= 11 is 5.87. The van der Waals surface area contributed by atoms with Crippen molar-refractivity contribution in [3.8, 4) is 0 Å². The molecule has 0 atom stereocenters. The summed E-state index contributed by atoms with van der Waals surface area (Å²) in [6.45, 7) is 0. The Labute approximate surface area is 196 Å². The van der Waals surface area contributed by atoms with E-state index in [-0.39, 0.29) is 16.9 Å². The lowest BCUT2D eigenvalue weighted by molar-refractivity contribution is -0.137. The normalized spacial score (nSPS) is 15.2. The Hall–Kier alpha value is -3.46. The number of fused-ring (bicyclic) bond motifs is 1. The van der Waals surface area contributed by atoms with Gasteiger partial charge in [0.1, 0.15) is 11.6 Å². The summed E-state index contributed by atoms with van der Waals surface area (Å²) in [7, 11) is 0. The molecular formula is C24H17ClF4N4O. The Morgan fingerprint density at radius 3 is 2.47 bits per heavy atom. The zero-order valence-electron chi connectivity index (χ0n) is 17.5. The lowest BCUT2D eigenvalue weighted by atomic mass is 9.64. The van der Waals surface area contributed by atoms with Gasteiger partial charge in [-0.05, 0) is 54.8 Å². The van der Waals surface area contributed by atoms with E-state index in [1.165, 1.54) is 18.2 Å². The van der Waals surface area contributed by atoms with Gasteiger partial charge in [-0.1, -0.05) is 30.2 Å². The van der Waals surface area contributed by atoms with Gasteiger partial charge in [0.2, 0.25) is 0 Å². The summed E-state index contributed by atoms with van der Waals surface area (Å²) < 4.78 is 53.1. The largest absolute Gasteiger partial charge is 0.417 e. The molecule has 2 N–H and O–H groups in total. The van der Waals surface area contributed by atoms with Crippen LogP contribution in [0.3, 0.4) is 0 Å². The van der Waals surface area contributed by atoms with Crippen LogP contribution >= 0.6 is 11.6 Å². The van der Waals surface area contributed by atoms with Crippen molar-refractivity contribution in [2.75, 3.05) is 5.32 Å². The quantitative estimate of drug-likeness (QED) is 0.322. The summed E-state index contributed by atoms with van der Waals surface area (Å²) in [5.74, 6) is -0.559. The number of H-pyrrole nitrogens is 1. The van der Waals surface area contributed by atoms with E-state index in [0.29, 0.717) is 16.4 Å². The van der Waals surface area contributed by atoms with Crippen molar-refractivity contribution in [2.24, 2.45) is 0 Å². The number of halogens is 5. The van der Waals surface area contributed by atoms with Gasteiger partial charge in [-0.3, -0.25) is 4.79 Å². The second kappa shape index (κ2) is 8.09. The summed E-state index contributed by atoms with van der Waals surface area (Å²) in [5, 5.41) is 2.80. The van der Waals surface area contributed by atoms with Gasteiger partial charge < -0.3 is 10.3 Å². The van der Waals surface area contributed by atoms with Crippen LogP contribution in [0.15, 0.2) is 54.7 Å². The highest BCUT2D eigenvalue weighted by molar-refractivity contribution is 6.31. The highest BCUT2D eigenvalue weighted by Crippen LogP contribution is 2.48. The predicted molar refractivity (Wildman–Crippen MR) is 119 cm³/mol. The van der Waals surface area contributed by atoms with Crippen LogP contribution in [-0.2, 0) is 11.6 Å². The van der Waals surface area contributed by atoms with Gasteiger partial charge >= 0.3 is 6.18 Å². The van der Waals surface area contributed by atoms with Crippen LogP contribution in [0.2, 0.25) is 5.02 Å². The SMILES string of the molecule is O=C(Nc1cc(Cl)ccc1F)c1ccc(C2(c3nc4ncc(C(F)(F)F)cc4[nH]3)CCC2)cc1. The number of pyridine rings is 1. The third-order valence-electron chi connectivity index (χ3n) is 6.20. The van der Waals surface area contributed by atoms with Crippen molar-refractivity contribution < 1.29 is 22.4 Å². The number of rotatable bonds is 4. The van der Waals surface area contributed by atoms with Crippen molar-refractivity contribution >= 4 is 34.4 Å². The maximum Gasteiger partial charge on any atom is 0.417 e. The molecule has 1 fully saturated rings. The molecule has 1 aliphatic rings. The first-order valence-electron chi connectivity index (χ1n) is 10.5. The zero-order valence-corrected chi connectivity index (χ0v) is 18.3. The molecule has 2 aromatic heterocycles. The number of carbonyl (C=O) groups is 1. The van der Waals surface area contributed by atoms with Crippen LogP contribution in [0.4, 0.5) is 23.2 Å². The molecule has 4 aromatic rings. The molecule has 0 spiro atoms. The molecule has 0 bridgehead atoms. The molecular weight excluding hydrogens is 472 g/mol. The van der Waals surface area contributed by atoms with Gasteiger partial charge in [0.05, 0.1) is 22.2 Å². The highest BCUT2D eigenvalue weighted by atomic mass is 35.5. The second-order valence-corrected chi connectivity index (χ2v) is 8.71. The van der Waals surface area contributed by atoms with E-state index < -0.39 is 28.9 Å². The van der Waals surface area contributed by atoms with Gasteiger partial charge in [-0.15, -0.1) is 0 Å². The van der Waals surface area contributed by atoms with Crippen molar-refractivity contribution in [3.05, 3.63) is 88.1 Å². The number of aromatic nitrogens is 3. The highest BCUT2D eigenvalue weighted by Gasteiger charge is 2.43. The summed E-state index contributed by atoms with van der Waals surface area (Å²) in [4.78, 5) is 23.9. The number of nitrogens with one attached hydrogen (secondary N) is 2. The molecule has 174 valence electrons. The van der Waals surface area contributed by atoms with Crippen molar-refractivity contribution in [1.29, 1.82) is 0 Å². The number of aromatic amines is 1. The van der Waals surface area contributed by atoms with Crippen LogP contribution < -0.4 is 5.32 Å². The van der Waals surface area contributed by atoms with Gasteiger partial charge in [-0.25, -0.2) is 14.4 Å². The summed E-state index contributed by atoms with van der Waals surface area (Å²) in [6.07, 6.45) is -1.30. The monoisotopic (exact) mass is 488 g/mol. The molecule has 0 unspecified atom stereocenters. The molecule has 5 rings (SSSR count). The fraction of sp³-hybridized carbons (Fsp3) is 0.208. The fourth-order valence-corrected chi connectivity index (χ4v) is 4.37. The van der Waals surface area contributed by atoms with E-state index in [0.717, 1.165) is 37.1 Å². The van der Waals surface area contributed by atoms with Gasteiger partial charge in [0, 0.05) is 16.8 Å². The second-order valence-electron chi connectivity index (χ2n) is 8.27. The first kappa shape index (κ1) is 22.3. The van der Waals surface area contributed by atoms with Crippen molar-refractivity contribution in [2.45, 2.75) is 30.9 Å². The van der Waals surface area contributed by atoms with E-state index in [1.54, 1.807) is 24.3 Å². The molecule has 1 saturated carbocycles. The first-order valence-corrected chi connectivity index (χ1v) is 10.8. The number of amides is 1. The third-order valence-corrected chi connectivity index (χ3v) is 6.44. The zero-order chi connectivity index (χ0) is 24.1. The maximum atomic E-state index is 13.9. The Morgan fingerprint density at radius 2 is 1.82 bits per heavy atom. The first-order chi connectivity index (χ1) is 16.2. The smallest absolute Gasteiger partial charge is 0.340 e. The number of benzene rings is 2. The molecule has 2 aromatic carbocycles. The predicted octanol–water partition coefficient (Wildman–Crippen LogP) is 6.49. The Balaban J connectivity index is 1.42. The van der Waals surface area contributed by atoms with Crippen molar-refractivity contribution in [1.82, 2.24) is 15.0 Å². The number of hydrogen-bond donors (Lipinski definition) is 2. The minimum Gasteiger partial charge on any atom is -0.340 e. The average Bonchev–Trinajstić information content (AvgIpc) is 3.18. The van der Waals surface area contributed by atoms with E-state index in [4.69, 9.17) is 11.6 Å². The Bertz CT molecular complexity index is 1390. The molecule has 5 nitrogen and oxygen atoms in total. The van der Waals surface area contributed by atoms with Gasteiger partial charge in [-0.2, -0.15) is 13.2 Å². The number of carbonyl (C=O) groups excluding carboxylic acids is 1. The minimum absolute atomic E-state index is 0.0231. The summed E-state index contributed by atoms with van der Waals surface area (Å²) in [6, 6.07) is 11.7. The van der Waals surface area contributed by atoms with Gasteiger partial charge in [0.15, 0.2) is 5.65 Å². The average molecular weight is 489 g/mol. The Kier molecular flexibility index (Phi) is 5.31. The lowest BCUT2D eigenvalue weighted by Crippen LogP contribution is -2.36. The van der Waals surface area contributed by atoms with E-state index in [2.05, 4.69) is 20.3 Å². The van der Waals surface area contributed by atoms with E-state index in [9.17, 15) is 22.4 Å². The molecule has 0 saturated heterocycles. The fourth-order valence-electron chi connectivity index (χ4n) is 4.20. The number of hydrogen-bond acceptors (Lipinski definition) is 3. The molecule has 1 amide bonds. The minimum atomic E-state index is -4.50. The number of imidazole rings is 1. The number of nitrogens with zero attached hydrogens (tertiary/aromatic N) is 2.